The molecule has 18 heavy (non-hydrogen) atoms. The summed E-state index contributed by atoms with van der Waals surface area (Å²) in [7, 11) is 1.65. The molecule has 0 heterocycles. The van der Waals surface area contributed by atoms with E-state index >= 15 is 0 Å². The number of hydrogen-bond donors (Lipinski definition) is 1. The fraction of sp³-hybridized carbons (Fsp3) is 0.571. The molecule has 0 unspecified atom stereocenters. The summed E-state index contributed by atoms with van der Waals surface area (Å²) < 4.78 is 10.7. The van der Waals surface area contributed by atoms with Crippen LogP contribution in [0.1, 0.15) is 20.3 Å². The lowest BCUT2D eigenvalue weighted by Crippen LogP contribution is -2.41. The van der Waals surface area contributed by atoms with Gasteiger partial charge in [-0.25, -0.2) is 0 Å². The zero-order valence-corrected chi connectivity index (χ0v) is 12.1. The van der Waals surface area contributed by atoms with E-state index in [4.69, 9.17) is 21.1 Å². The zero-order valence-electron chi connectivity index (χ0n) is 11.3. The number of benzene rings is 1. The molecule has 0 aliphatic heterocycles. The second kappa shape index (κ2) is 7.49. The van der Waals surface area contributed by atoms with Crippen molar-refractivity contribution in [2.75, 3.05) is 26.1 Å². The number of hydrogen-bond acceptors (Lipinski definition) is 3. The van der Waals surface area contributed by atoms with E-state index in [0.29, 0.717) is 12.5 Å². The molecule has 0 atom stereocenters. The predicted octanol–water partition coefficient (Wildman–Crippen LogP) is 3.07. The fourth-order valence-electron chi connectivity index (χ4n) is 1.55. The maximum absolute atomic E-state index is 5.74. The molecule has 1 aromatic rings. The van der Waals surface area contributed by atoms with E-state index in [-0.39, 0.29) is 5.54 Å². The van der Waals surface area contributed by atoms with Gasteiger partial charge in [0.25, 0.3) is 0 Å². The SMILES string of the molecule is COc1ccc(OCCNC(C)(C)CCCl)cc1. The molecule has 1 N–H and O–H groups in total. The minimum Gasteiger partial charge on any atom is -0.497 e. The number of nitrogens with one attached hydrogen (secondary N) is 1. The van der Waals surface area contributed by atoms with Gasteiger partial charge in [-0.15, -0.1) is 11.6 Å². The van der Waals surface area contributed by atoms with E-state index in [1.165, 1.54) is 0 Å². The topological polar surface area (TPSA) is 30.5 Å². The van der Waals surface area contributed by atoms with Crippen LogP contribution in [-0.2, 0) is 0 Å². The van der Waals surface area contributed by atoms with Gasteiger partial charge in [-0.3, -0.25) is 0 Å². The van der Waals surface area contributed by atoms with Crippen LogP contribution in [-0.4, -0.2) is 31.7 Å². The fourth-order valence-corrected chi connectivity index (χ4v) is 2.03. The van der Waals surface area contributed by atoms with Crippen molar-refractivity contribution in [1.29, 1.82) is 0 Å². The van der Waals surface area contributed by atoms with Crippen LogP contribution in [0, 0.1) is 0 Å². The molecule has 0 bridgehead atoms. The van der Waals surface area contributed by atoms with Crippen molar-refractivity contribution >= 4 is 11.6 Å². The number of rotatable bonds is 8. The Morgan fingerprint density at radius 3 is 2.33 bits per heavy atom. The smallest absolute Gasteiger partial charge is 0.119 e. The van der Waals surface area contributed by atoms with Gasteiger partial charge in [-0.1, -0.05) is 0 Å². The van der Waals surface area contributed by atoms with Crippen LogP contribution in [0.2, 0.25) is 0 Å². The van der Waals surface area contributed by atoms with Gasteiger partial charge < -0.3 is 14.8 Å². The Kier molecular flexibility index (Phi) is 6.30. The highest BCUT2D eigenvalue weighted by Crippen LogP contribution is 2.16. The summed E-state index contributed by atoms with van der Waals surface area (Å²) in [6.45, 7) is 5.72. The van der Waals surface area contributed by atoms with Crippen molar-refractivity contribution in [3.8, 4) is 11.5 Å². The Bertz CT molecular complexity index is 338. The van der Waals surface area contributed by atoms with Crippen molar-refractivity contribution in [2.45, 2.75) is 25.8 Å². The summed E-state index contributed by atoms with van der Waals surface area (Å²) >= 11 is 5.74. The molecule has 0 amide bonds. The highest BCUT2D eigenvalue weighted by Gasteiger charge is 2.15. The third kappa shape index (κ3) is 5.61. The molecule has 0 radical (unpaired) electrons. The van der Waals surface area contributed by atoms with Crippen molar-refractivity contribution < 1.29 is 9.47 Å². The Balaban J connectivity index is 2.25. The third-order valence-corrected chi connectivity index (χ3v) is 2.94. The van der Waals surface area contributed by atoms with Crippen LogP contribution in [0.4, 0.5) is 0 Å². The normalized spacial score (nSPS) is 11.3. The maximum Gasteiger partial charge on any atom is 0.119 e. The molecule has 0 fully saturated rings. The molecule has 1 rings (SSSR count). The first-order valence-electron chi connectivity index (χ1n) is 6.15. The Morgan fingerprint density at radius 1 is 1.17 bits per heavy atom. The molecule has 0 saturated heterocycles. The first-order chi connectivity index (χ1) is 8.57. The molecule has 0 spiro atoms. The van der Waals surface area contributed by atoms with Crippen LogP contribution < -0.4 is 14.8 Å². The highest BCUT2D eigenvalue weighted by molar-refractivity contribution is 6.17. The second-order valence-corrected chi connectivity index (χ2v) is 5.15. The van der Waals surface area contributed by atoms with Gasteiger partial charge in [0.1, 0.15) is 18.1 Å². The molecule has 0 aromatic heterocycles. The number of alkyl halides is 1. The van der Waals surface area contributed by atoms with Gasteiger partial charge in [0, 0.05) is 18.0 Å². The van der Waals surface area contributed by atoms with Crippen LogP contribution >= 0.6 is 11.6 Å². The second-order valence-electron chi connectivity index (χ2n) is 4.77. The lowest BCUT2D eigenvalue weighted by atomic mass is 10.0. The summed E-state index contributed by atoms with van der Waals surface area (Å²) in [5.41, 5.74) is 0.0605. The summed E-state index contributed by atoms with van der Waals surface area (Å²) in [4.78, 5) is 0. The molecule has 0 aliphatic carbocycles. The molecule has 1 aromatic carbocycles. The molecule has 102 valence electrons. The molecule has 0 saturated carbocycles. The third-order valence-electron chi connectivity index (χ3n) is 2.75. The van der Waals surface area contributed by atoms with Crippen molar-refractivity contribution in [3.05, 3.63) is 24.3 Å². The van der Waals surface area contributed by atoms with Crippen LogP contribution in [0.5, 0.6) is 11.5 Å². The van der Waals surface area contributed by atoms with Crippen LogP contribution in [0.15, 0.2) is 24.3 Å². The van der Waals surface area contributed by atoms with E-state index in [2.05, 4.69) is 19.2 Å². The van der Waals surface area contributed by atoms with Gasteiger partial charge in [-0.2, -0.15) is 0 Å². The van der Waals surface area contributed by atoms with E-state index in [1.807, 2.05) is 24.3 Å². The number of halogens is 1. The zero-order chi connectivity index (χ0) is 13.4. The van der Waals surface area contributed by atoms with Crippen LogP contribution in [0.25, 0.3) is 0 Å². The highest BCUT2D eigenvalue weighted by atomic mass is 35.5. The molecular formula is C14H22ClNO2. The Labute approximate surface area is 114 Å². The summed E-state index contributed by atoms with van der Waals surface area (Å²) in [6, 6.07) is 7.59. The Hall–Kier alpha value is -0.930. The summed E-state index contributed by atoms with van der Waals surface area (Å²) in [6.07, 6.45) is 0.942. The van der Waals surface area contributed by atoms with Gasteiger partial charge >= 0.3 is 0 Å². The van der Waals surface area contributed by atoms with Gasteiger partial charge in [-0.05, 0) is 44.5 Å². The molecule has 3 nitrogen and oxygen atoms in total. The average Bonchev–Trinajstić information content (AvgIpc) is 2.35. The monoisotopic (exact) mass is 271 g/mol. The van der Waals surface area contributed by atoms with Crippen LogP contribution in [0.3, 0.4) is 0 Å². The Morgan fingerprint density at radius 2 is 1.78 bits per heavy atom. The summed E-state index contributed by atoms with van der Waals surface area (Å²) in [5.74, 6) is 2.36. The van der Waals surface area contributed by atoms with Gasteiger partial charge in [0.2, 0.25) is 0 Å². The van der Waals surface area contributed by atoms with Crippen molar-refractivity contribution in [1.82, 2.24) is 5.32 Å². The average molecular weight is 272 g/mol. The van der Waals surface area contributed by atoms with E-state index in [0.717, 1.165) is 24.5 Å². The van der Waals surface area contributed by atoms with E-state index in [9.17, 15) is 0 Å². The molecular weight excluding hydrogens is 250 g/mol. The van der Waals surface area contributed by atoms with Gasteiger partial charge in [0.05, 0.1) is 7.11 Å². The molecule has 4 heteroatoms. The first kappa shape index (κ1) is 15.1. The largest absolute Gasteiger partial charge is 0.497 e. The van der Waals surface area contributed by atoms with E-state index < -0.39 is 0 Å². The number of ether oxygens (including phenoxy) is 2. The standard InChI is InChI=1S/C14H22ClNO2/c1-14(2,8-9-15)16-10-11-18-13-6-4-12(17-3)5-7-13/h4-7,16H,8-11H2,1-3H3. The lowest BCUT2D eigenvalue weighted by molar-refractivity contribution is 0.281. The quantitative estimate of drug-likeness (QED) is 0.582. The predicted molar refractivity (Wildman–Crippen MR) is 75.9 cm³/mol. The van der Waals surface area contributed by atoms with Crippen molar-refractivity contribution in [2.24, 2.45) is 0 Å². The first-order valence-corrected chi connectivity index (χ1v) is 6.69. The summed E-state index contributed by atoms with van der Waals surface area (Å²) in [5, 5.41) is 3.42. The van der Waals surface area contributed by atoms with Gasteiger partial charge in [0.15, 0.2) is 0 Å². The maximum atomic E-state index is 5.74. The minimum absolute atomic E-state index is 0.0605. The minimum atomic E-state index is 0.0605. The van der Waals surface area contributed by atoms with Crippen molar-refractivity contribution in [3.63, 3.8) is 0 Å². The van der Waals surface area contributed by atoms with E-state index in [1.54, 1.807) is 7.11 Å². The molecule has 0 aliphatic rings. The lowest BCUT2D eigenvalue weighted by Gasteiger charge is -2.25. The number of methoxy groups -OCH3 is 1.